The van der Waals surface area contributed by atoms with Gasteiger partial charge in [0.05, 0.1) is 14.2 Å². The van der Waals surface area contributed by atoms with Crippen LogP contribution in [0.25, 0.3) is 0 Å². The minimum atomic E-state index is -0.313. The van der Waals surface area contributed by atoms with Crippen molar-refractivity contribution in [2.45, 2.75) is 77.6 Å². The minimum absolute atomic E-state index is 0.313. The summed E-state index contributed by atoms with van der Waals surface area (Å²) in [6.07, 6.45) is 18.6. The molecule has 2 atom stereocenters. The van der Waals surface area contributed by atoms with Crippen LogP contribution in [0.5, 0.6) is 5.75 Å². The van der Waals surface area contributed by atoms with E-state index in [-0.39, 0.29) is 5.97 Å². The lowest BCUT2D eigenvalue weighted by Crippen LogP contribution is -2.08. The Labute approximate surface area is 171 Å². The van der Waals surface area contributed by atoms with E-state index >= 15 is 0 Å². The molecule has 0 aliphatic heterocycles. The van der Waals surface area contributed by atoms with E-state index in [9.17, 15) is 4.79 Å². The second-order valence-electron chi connectivity index (χ2n) is 8.04. The van der Waals surface area contributed by atoms with E-state index in [0.717, 1.165) is 30.2 Å². The molecule has 1 aromatic rings. The smallest absolute Gasteiger partial charge is 0.341 e. The largest absolute Gasteiger partial charge is 0.496 e. The number of unbranched alkanes of at least 4 members (excludes halogenated alkanes) is 5. The summed E-state index contributed by atoms with van der Waals surface area (Å²) in [7, 11) is 3.01. The van der Waals surface area contributed by atoms with Crippen LogP contribution in [-0.4, -0.2) is 20.2 Å². The van der Waals surface area contributed by atoms with Crippen molar-refractivity contribution in [1.82, 2.24) is 0 Å². The number of rotatable bonds is 14. The summed E-state index contributed by atoms with van der Waals surface area (Å²) in [6.45, 7) is 2.29. The second-order valence-corrected chi connectivity index (χ2v) is 8.04. The molecule has 0 amide bonds. The van der Waals surface area contributed by atoms with E-state index in [2.05, 4.69) is 19.1 Å². The summed E-state index contributed by atoms with van der Waals surface area (Å²) >= 11 is 0. The van der Waals surface area contributed by atoms with Crippen molar-refractivity contribution in [2.75, 3.05) is 14.2 Å². The summed E-state index contributed by atoms with van der Waals surface area (Å²) in [4.78, 5) is 12.1. The summed E-state index contributed by atoms with van der Waals surface area (Å²) in [5, 5.41) is 0. The van der Waals surface area contributed by atoms with Gasteiger partial charge in [-0.2, -0.15) is 0 Å². The molecule has 0 saturated heterocycles. The first-order chi connectivity index (χ1) is 13.7. The van der Waals surface area contributed by atoms with Crippen molar-refractivity contribution in [3.63, 3.8) is 0 Å². The Morgan fingerprint density at radius 1 is 1.07 bits per heavy atom. The molecule has 0 bridgehead atoms. The van der Waals surface area contributed by atoms with Crippen LogP contribution in [-0.2, 0) is 11.2 Å². The molecule has 1 fully saturated rings. The molecule has 0 aromatic heterocycles. The van der Waals surface area contributed by atoms with Gasteiger partial charge in [0.25, 0.3) is 0 Å². The number of carbonyl (C=O) groups is 1. The molecule has 0 N–H and O–H groups in total. The highest BCUT2D eigenvalue weighted by Crippen LogP contribution is 2.44. The van der Waals surface area contributed by atoms with Gasteiger partial charge in [0.2, 0.25) is 0 Å². The Hall–Kier alpha value is -1.77. The number of ether oxygens (including phenoxy) is 2. The van der Waals surface area contributed by atoms with E-state index in [1.807, 2.05) is 18.2 Å². The number of allylic oxidation sites excluding steroid dienone is 2. The summed E-state index contributed by atoms with van der Waals surface area (Å²) < 4.78 is 10.3. The Bertz CT molecular complexity index is 620. The van der Waals surface area contributed by atoms with Crippen molar-refractivity contribution in [2.24, 2.45) is 11.8 Å². The lowest BCUT2D eigenvalue weighted by Gasteiger charge is -2.12. The molecule has 1 aromatic carbocycles. The van der Waals surface area contributed by atoms with Crippen molar-refractivity contribution in [1.29, 1.82) is 0 Å². The van der Waals surface area contributed by atoms with Crippen LogP contribution in [0, 0.1) is 11.8 Å². The SMILES string of the molecule is CCCC1C[C@@H]1C/C=C\CCCCCCCc1cccc(OC)c1C(=O)OC. The normalized spacial score (nSPS) is 18.4. The fourth-order valence-electron chi connectivity index (χ4n) is 4.11. The highest BCUT2D eigenvalue weighted by Gasteiger charge is 2.34. The minimum Gasteiger partial charge on any atom is -0.496 e. The van der Waals surface area contributed by atoms with Crippen molar-refractivity contribution in [3.05, 3.63) is 41.5 Å². The third-order valence-electron chi connectivity index (χ3n) is 5.87. The van der Waals surface area contributed by atoms with Gasteiger partial charge in [-0.1, -0.05) is 63.3 Å². The van der Waals surface area contributed by atoms with E-state index in [0.29, 0.717) is 11.3 Å². The lowest BCUT2D eigenvalue weighted by molar-refractivity contribution is 0.0595. The lowest BCUT2D eigenvalue weighted by atomic mass is 9.99. The first-order valence-electron chi connectivity index (χ1n) is 11.1. The molecule has 3 heteroatoms. The molecule has 156 valence electrons. The van der Waals surface area contributed by atoms with Crippen molar-refractivity contribution < 1.29 is 14.3 Å². The average molecular weight is 387 g/mol. The van der Waals surface area contributed by atoms with Gasteiger partial charge in [-0.3, -0.25) is 0 Å². The molecular formula is C25H38O3. The number of benzene rings is 1. The first-order valence-corrected chi connectivity index (χ1v) is 11.1. The molecule has 1 unspecified atom stereocenters. The fourth-order valence-corrected chi connectivity index (χ4v) is 4.11. The van der Waals surface area contributed by atoms with E-state index in [1.165, 1.54) is 64.9 Å². The highest BCUT2D eigenvalue weighted by molar-refractivity contribution is 5.94. The Morgan fingerprint density at radius 2 is 1.86 bits per heavy atom. The molecule has 0 heterocycles. The van der Waals surface area contributed by atoms with Crippen LogP contribution in [0.1, 0.15) is 87.1 Å². The van der Waals surface area contributed by atoms with E-state index in [4.69, 9.17) is 9.47 Å². The number of hydrogen-bond acceptors (Lipinski definition) is 3. The highest BCUT2D eigenvalue weighted by atomic mass is 16.5. The molecule has 2 rings (SSSR count). The van der Waals surface area contributed by atoms with Gasteiger partial charge in [-0.05, 0) is 62.0 Å². The van der Waals surface area contributed by atoms with E-state index < -0.39 is 0 Å². The molecule has 0 radical (unpaired) electrons. The molecule has 3 nitrogen and oxygen atoms in total. The van der Waals surface area contributed by atoms with Gasteiger partial charge in [0.15, 0.2) is 0 Å². The topological polar surface area (TPSA) is 35.5 Å². The average Bonchev–Trinajstić information content (AvgIpc) is 3.46. The van der Waals surface area contributed by atoms with Gasteiger partial charge >= 0.3 is 5.97 Å². The molecule has 0 spiro atoms. The maximum absolute atomic E-state index is 12.1. The van der Waals surface area contributed by atoms with Gasteiger partial charge < -0.3 is 9.47 Å². The number of methoxy groups -OCH3 is 2. The first kappa shape index (κ1) is 22.5. The zero-order valence-electron chi connectivity index (χ0n) is 18.0. The number of carbonyl (C=O) groups excluding carboxylic acids is 1. The Morgan fingerprint density at radius 3 is 2.61 bits per heavy atom. The molecule has 1 saturated carbocycles. The van der Waals surface area contributed by atoms with Gasteiger partial charge in [-0.25, -0.2) is 4.79 Å². The van der Waals surface area contributed by atoms with E-state index in [1.54, 1.807) is 7.11 Å². The zero-order valence-corrected chi connectivity index (χ0v) is 18.0. The maximum atomic E-state index is 12.1. The molecule has 1 aliphatic carbocycles. The standard InChI is InChI=1S/C25H38O3/c1-4-14-21-19-22(21)16-12-10-8-6-5-7-9-11-15-20-17-13-18-23(27-2)24(20)25(26)28-3/h10,12-13,17-18,21-22H,4-9,11,14-16,19H2,1-3H3/b12-10-/t21?,22-/m0/s1. The van der Waals surface area contributed by atoms with Crippen LogP contribution >= 0.6 is 0 Å². The van der Waals surface area contributed by atoms with Gasteiger partial charge in [-0.15, -0.1) is 0 Å². The van der Waals surface area contributed by atoms with Crippen molar-refractivity contribution in [3.8, 4) is 5.75 Å². The van der Waals surface area contributed by atoms with Crippen molar-refractivity contribution >= 4 is 5.97 Å². The van der Waals surface area contributed by atoms with Crippen LogP contribution in [0.15, 0.2) is 30.4 Å². The van der Waals surface area contributed by atoms with Crippen LogP contribution < -0.4 is 4.74 Å². The van der Waals surface area contributed by atoms with Gasteiger partial charge in [0, 0.05) is 0 Å². The number of esters is 1. The number of hydrogen-bond donors (Lipinski definition) is 0. The summed E-state index contributed by atoms with van der Waals surface area (Å²) in [6, 6.07) is 5.76. The second kappa shape index (κ2) is 12.6. The number of aryl methyl sites for hydroxylation is 1. The third-order valence-corrected chi connectivity index (χ3v) is 5.87. The Balaban J connectivity index is 1.57. The van der Waals surface area contributed by atoms with Gasteiger partial charge in [0.1, 0.15) is 11.3 Å². The molecule has 28 heavy (non-hydrogen) atoms. The quantitative estimate of drug-likeness (QED) is 0.202. The monoisotopic (exact) mass is 386 g/mol. The maximum Gasteiger partial charge on any atom is 0.341 e. The summed E-state index contributed by atoms with van der Waals surface area (Å²) in [5.41, 5.74) is 1.60. The van der Waals surface area contributed by atoms with Crippen LogP contribution in [0.3, 0.4) is 0 Å². The van der Waals surface area contributed by atoms with Crippen LogP contribution in [0.2, 0.25) is 0 Å². The molecular weight excluding hydrogens is 348 g/mol. The zero-order chi connectivity index (χ0) is 20.2. The molecule has 1 aliphatic rings. The Kier molecular flexibility index (Phi) is 10.2. The van der Waals surface area contributed by atoms with Crippen LogP contribution in [0.4, 0.5) is 0 Å². The predicted molar refractivity (Wildman–Crippen MR) is 116 cm³/mol. The predicted octanol–water partition coefficient (Wildman–Crippen LogP) is 6.75. The third kappa shape index (κ3) is 7.33. The fraction of sp³-hybridized carbons (Fsp3) is 0.640. The summed E-state index contributed by atoms with van der Waals surface area (Å²) in [5.74, 6) is 2.30.